The molecule has 2 aromatic carbocycles. The minimum Gasteiger partial charge on any atom is -0.503 e. The molecule has 0 unspecified atom stereocenters. The number of hydrogen-bond donors (Lipinski definition) is 1. The van der Waals surface area contributed by atoms with Gasteiger partial charge in [-0.15, -0.1) is 11.3 Å². The van der Waals surface area contributed by atoms with E-state index < -0.39 is 29.3 Å². The van der Waals surface area contributed by atoms with Gasteiger partial charge in [-0.05, 0) is 47.8 Å². The molecular formula is C24H17FN2O5S2. The number of thiophene rings is 1. The highest BCUT2D eigenvalue weighted by Gasteiger charge is 2.47. The molecule has 0 fully saturated rings. The zero-order valence-corrected chi connectivity index (χ0v) is 19.6. The van der Waals surface area contributed by atoms with Gasteiger partial charge in [-0.3, -0.25) is 14.5 Å². The molecule has 3 heterocycles. The Balaban J connectivity index is 1.74. The van der Waals surface area contributed by atoms with Crippen molar-refractivity contribution in [3.05, 3.63) is 81.5 Å². The van der Waals surface area contributed by atoms with Crippen LogP contribution in [-0.2, 0) is 4.79 Å². The largest absolute Gasteiger partial charge is 0.503 e. The summed E-state index contributed by atoms with van der Waals surface area (Å²) < 4.78 is 25.2. The number of fused-ring (bicyclic) bond motifs is 1. The van der Waals surface area contributed by atoms with Crippen LogP contribution in [0.2, 0.25) is 0 Å². The molecule has 5 rings (SSSR count). The number of ketones is 1. The first kappa shape index (κ1) is 22.1. The molecule has 1 amide bonds. The molecule has 1 N–H and O–H groups in total. The van der Waals surface area contributed by atoms with E-state index in [1.807, 2.05) is 0 Å². The first-order valence-electron chi connectivity index (χ1n) is 10.1. The van der Waals surface area contributed by atoms with E-state index >= 15 is 0 Å². The maximum Gasteiger partial charge on any atom is 0.296 e. The fourth-order valence-electron chi connectivity index (χ4n) is 3.91. The highest BCUT2D eigenvalue weighted by atomic mass is 32.1. The summed E-state index contributed by atoms with van der Waals surface area (Å²) in [6.07, 6.45) is 0. The summed E-state index contributed by atoms with van der Waals surface area (Å²) in [5.41, 5.74) is 0.831. The van der Waals surface area contributed by atoms with Crippen molar-refractivity contribution in [2.24, 2.45) is 0 Å². The zero-order valence-electron chi connectivity index (χ0n) is 17.9. The van der Waals surface area contributed by atoms with Gasteiger partial charge in [0.05, 0.1) is 34.9 Å². The molecule has 0 aliphatic carbocycles. The number of Topliss-reactive ketones (excluding diaryl/α,β-unsaturated/α-hetero) is 1. The summed E-state index contributed by atoms with van der Waals surface area (Å²) >= 11 is 2.29. The van der Waals surface area contributed by atoms with Crippen LogP contribution in [-0.4, -0.2) is 36.0 Å². The molecular weight excluding hydrogens is 479 g/mol. The first-order valence-corrected chi connectivity index (χ1v) is 11.8. The summed E-state index contributed by atoms with van der Waals surface area (Å²) in [5.74, 6) is -1.50. The Hall–Kier alpha value is -3.76. The number of ether oxygens (including phenoxy) is 2. The van der Waals surface area contributed by atoms with Gasteiger partial charge in [0.25, 0.3) is 5.91 Å². The van der Waals surface area contributed by atoms with E-state index in [1.54, 1.807) is 35.7 Å². The number of aliphatic hydroxyl groups is 1. The molecule has 7 nitrogen and oxygen atoms in total. The number of rotatable bonds is 6. The van der Waals surface area contributed by atoms with E-state index in [-0.39, 0.29) is 10.7 Å². The number of aromatic nitrogens is 1. The van der Waals surface area contributed by atoms with Crippen LogP contribution in [0, 0.1) is 5.82 Å². The van der Waals surface area contributed by atoms with Crippen molar-refractivity contribution < 1.29 is 28.6 Å². The van der Waals surface area contributed by atoms with Crippen LogP contribution in [0.4, 0.5) is 9.52 Å². The minimum atomic E-state index is -1.04. The van der Waals surface area contributed by atoms with Gasteiger partial charge in [-0.25, -0.2) is 9.37 Å². The number of methoxy groups -OCH3 is 2. The van der Waals surface area contributed by atoms with Crippen molar-refractivity contribution in [2.45, 2.75) is 6.04 Å². The number of thiazole rings is 1. The molecule has 1 atom stereocenters. The van der Waals surface area contributed by atoms with Crippen LogP contribution in [0.1, 0.15) is 21.3 Å². The Kier molecular flexibility index (Phi) is 5.54. The quantitative estimate of drug-likeness (QED) is 0.365. The van der Waals surface area contributed by atoms with Gasteiger partial charge in [-0.1, -0.05) is 17.4 Å². The van der Waals surface area contributed by atoms with E-state index in [0.717, 1.165) is 11.3 Å². The van der Waals surface area contributed by atoms with Crippen molar-refractivity contribution in [3.63, 3.8) is 0 Å². The number of hydrogen-bond acceptors (Lipinski definition) is 8. The summed E-state index contributed by atoms with van der Waals surface area (Å²) in [6, 6.07) is 11.4. The second-order valence-electron chi connectivity index (χ2n) is 7.36. The van der Waals surface area contributed by atoms with Crippen molar-refractivity contribution in [2.75, 3.05) is 19.1 Å². The van der Waals surface area contributed by atoms with Crippen molar-refractivity contribution in [3.8, 4) is 11.5 Å². The van der Waals surface area contributed by atoms with Gasteiger partial charge >= 0.3 is 0 Å². The molecule has 0 bridgehead atoms. The molecule has 10 heteroatoms. The molecule has 0 saturated carbocycles. The maximum atomic E-state index is 13.8. The van der Waals surface area contributed by atoms with Gasteiger partial charge < -0.3 is 14.6 Å². The predicted octanol–water partition coefficient (Wildman–Crippen LogP) is 5.30. The standard InChI is InChI=1S/C24H17FN2O5S2/c1-31-13-6-8-16(32-2)14(11-13)20-19(21(28)17-4-3-9-33-17)22(29)23(30)27(20)24-26-15-7-5-12(25)10-18(15)34-24/h3-11,20,29H,1-2H3/t20-/m1/s1. The van der Waals surface area contributed by atoms with Crippen LogP contribution in [0.25, 0.3) is 10.2 Å². The third-order valence-corrected chi connectivity index (χ3v) is 7.36. The van der Waals surface area contributed by atoms with Gasteiger partial charge in [0, 0.05) is 5.56 Å². The fourth-order valence-corrected chi connectivity index (χ4v) is 5.61. The molecule has 2 aromatic heterocycles. The van der Waals surface area contributed by atoms with Crippen LogP contribution in [0.5, 0.6) is 11.5 Å². The minimum absolute atomic E-state index is 0.0931. The van der Waals surface area contributed by atoms with Gasteiger partial charge in [-0.2, -0.15) is 0 Å². The predicted molar refractivity (Wildman–Crippen MR) is 128 cm³/mol. The van der Waals surface area contributed by atoms with E-state index in [1.165, 1.54) is 48.7 Å². The van der Waals surface area contributed by atoms with E-state index in [0.29, 0.717) is 32.2 Å². The normalized spacial score (nSPS) is 15.9. The van der Waals surface area contributed by atoms with E-state index in [2.05, 4.69) is 4.98 Å². The summed E-state index contributed by atoms with van der Waals surface area (Å²) in [6.45, 7) is 0. The van der Waals surface area contributed by atoms with Crippen molar-refractivity contribution in [1.29, 1.82) is 0 Å². The highest BCUT2D eigenvalue weighted by molar-refractivity contribution is 7.22. The van der Waals surface area contributed by atoms with Crippen molar-refractivity contribution >= 4 is 49.7 Å². The number of anilines is 1. The lowest BCUT2D eigenvalue weighted by molar-refractivity contribution is -0.117. The molecule has 4 aromatic rings. The monoisotopic (exact) mass is 496 g/mol. The average Bonchev–Trinajstić information content (AvgIpc) is 3.57. The topological polar surface area (TPSA) is 89.0 Å². The Morgan fingerprint density at radius 3 is 2.68 bits per heavy atom. The summed E-state index contributed by atoms with van der Waals surface area (Å²) in [4.78, 5) is 32.9. The number of nitrogens with zero attached hydrogens (tertiary/aromatic N) is 2. The van der Waals surface area contributed by atoms with Gasteiger partial charge in [0.2, 0.25) is 5.78 Å². The molecule has 0 saturated heterocycles. The van der Waals surface area contributed by atoms with Crippen molar-refractivity contribution in [1.82, 2.24) is 4.98 Å². The molecule has 0 spiro atoms. The first-order chi connectivity index (χ1) is 16.4. The number of halogens is 1. The average molecular weight is 497 g/mol. The number of carbonyl (C=O) groups is 2. The zero-order chi connectivity index (χ0) is 24.0. The smallest absolute Gasteiger partial charge is 0.296 e. The summed E-state index contributed by atoms with van der Waals surface area (Å²) in [7, 11) is 2.97. The van der Waals surface area contributed by atoms with Crippen LogP contribution < -0.4 is 14.4 Å². The van der Waals surface area contributed by atoms with Gasteiger partial charge in [0.1, 0.15) is 23.4 Å². The number of benzene rings is 2. The Bertz CT molecular complexity index is 1460. The Labute approximate surface area is 201 Å². The second kappa shape index (κ2) is 8.54. The summed E-state index contributed by atoms with van der Waals surface area (Å²) in [5, 5.41) is 12.9. The Morgan fingerprint density at radius 1 is 1.15 bits per heavy atom. The van der Waals surface area contributed by atoms with Crippen LogP contribution >= 0.6 is 22.7 Å². The second-order valence-corrected chi connectivity index (χ2v) is 9.32. The number of aliphatic hydroxyl groups excluding tert-OH is 1. The lowest BCUT2D eigenvalue weighted by Gasteiger charge is -2.26. The Morgan fingerprint density at radius 2 is 1.97 bits per heavy atom. The third-order valence-electron chi connectivity index (χ3n) is 5.47. The van der Waals surface area contributed by atoms with E-state index in [9.17, 15) is 19.1 Å². The SMILES string of the molecule is COc1ccc(OC)c([C@@H]2C(C(=O)c3cccs3)=C(O)C(=O)N2c2nc3ccc(F)cc3s2)c1. The van der Waals surface area contributed by atoms with Crippen LogP contribution in [0.15, 0.2) is 65.2 Å². The molecule has 172 valence electrons. The number of amides is 1. The van der Waals surface area contributed by atoms with Crippen LogP contribution in [0.3, 0.4) is 0 Å². The van der Waals surface area contributed by atoms with E-state index in [4.69, 9.17) is 9.47 Å². The molecule has 0 radical (unpaired) electrons. The fraction of sp³-hybridized carbons (Fsp3) is 0.125. The molecule has 34 heavy (non-hydrogen) atoms. The lowest BCUT2D eigenvalue weighted by Crippen LogP contribution is -2.31. The lowest BCUT2D eigenvalue weighted by atomic mass is 9.94. The number of carbonyl (C=O) groups excluding carboxylic acids is 2. The highest BCUT2D eigenvalue weighted by Crippen LogP contribution is 2.47. The molecule has 1 aliphatic rings. The molecule has 1 aliphatic heterocycles. The maximum absolute atomic E-state index is 13.8. The third kappa shape index (κ3) is 3.51. The van der Waals surface area contributed by atoms with Gasteiger partial charge in [0.15, 0.2) is 10.9 Å².